The summed E-state index contributed by atoms with van der Waals surface area (Å²) in [4.78, 5) is 12.2. The molecular weight excluding hydrogens is 395 g/mol. The molecule has 0 aromatic heterocycles. The van der Waals surface area contributed by atoms with Crippen LogP contribution < -0.4 is 14.4 Å². The minimum atomic E-state index is -3.70. The van der Waals surface area contributed by atoms with E-state index in [2.05, 4.69) is 26.1 Å². The van der Waals surface area contributed by atoms with Gasteiger partial charge in [-0.1, -0.05) is 32.9 Å². The number of amides is 1. The SMILES string of the molecule is CC(C)(C)c1ccc(OCCNC(=O)CN(c2ccc(F)cc2)S(C)(=O)=O)cc1. The zero-order chi connectivity index (χ0) is 21.7. The van der Waals surface area contributed by atoms with E-state index in [1.807, 2.05) is 24.3 Å². The van der Waals surface area contributed by atoms with Crippen LogP contribution >= 0.6 is 0 Å². The Balaban J connectivity index is 1.85. The van der Waals surface area contributed by atoms with Crippen LogP contribution in [0, 0.1) is 5.82 Å². The summed E-state index contributed by atoms with van der Waals surface area (Å²) < 4.78 is 43.6. The van der Waals surface area contributed by atoms with Crippen molar-refractivity contribution in [2.75, 3.05) is 30.3 Å². The predicted molar refractivity (Wildman–Crippen MR) is 112 cm³/mol. The number of carbonyl (C=O) groups excluding carboxylic acids is 1. The van der Waals surface area contributed by atoms with Gasteiger partial charge in [0.1, 0.15) is 24.7 Å². The molecule has 29 heavy (non-hydrogen) atoms. The molecule has 8 heteroatoms. The van der Waals surface area contributed by atoms with Gasteiger partial charge in [0.2, 0.25) is 15.9 Å². The first kappa shape index (κ1) is 22.7. The van der Waals surface area contributed by atoms with Crippen LogP contribution in [-0.4, -0.2) is 40.3 Å². The third-order valence-corrected chi connectivity index (χ3v) is 5.36. The Morgan fingerprint density at radius 1 is 1.07 bits per heavy atom. The summed E-state index contributed by atoms with van der Waals surface area (Å²) in [7, 11) is -3.70. The second-order valence-electron chi connectivity index (χ2n) is 7.72. The van der Waals surface area contributed by atoms with Crippen molar-refractivity contribution in [3.63, 3.8) is 0 Å². The second kappa shape index (κ2) is 9.26. The number of anilines is 1. The molecule has 0 bridgehead atoms. The van der Waals surface area contributed by atoms with Gasteiger partial charge in [0.05, 0.1) is 18.5 Å². The maximum atomic E-state index is 13.1. The van der Waals surface area contributed by atoms with Gasteiger partial charge in [0.15, 0.2) is 0 Å². The van der Waals surface area contributed by atoms with Crippen LogP contribution in [0.4, 0.5) is 10.1 Å². The van der Waals surface area contributed by atoms with Gasteiger partial charge in [-0.25, -0.2) is 12.8 Å². The molecule has 1 amide bonds. The first-order valence-corrected chi connectivity index (χ1v) is 11.0. The molecule has 0 aliphatic rings. The van der Waals surface area contributed by atoms with E-state index < -0.39 is 28.3 Å². The van der Waals surface area contributed by atoms with Gasteiger partial charge in [-0.15, -0.1) is 0 Å². The number of hydrogen-bond donors (Lipinski definition) is 1. The predicted octanol–water partition coefficient (Wildman–Crippen LogP) is 3.08. The molecule has 0 aliphatic carbocycles. The molecule has 0 radical (unpaired) electrons. The van der Waals surface area contributed by atoms with Gasteiger partial charge in [-0.3, -0.25) is 9.10 Å². The molecule has 158 valence electrons. The topological polar surface area (TPSA) is 75.7 Å². The zero-order valence-electron chi connectivity index (χ0n) is 17.1. The summed E-state index contributed by atoms with van der Waals surface area (Å²) in [6.45, 7) is 6.46. The Morgan fingerprint density at radius 2 is 1.66 bits per heavy atom. The lowest BCUT2D eigenvalue weighted by molar-refractivity contribution is -0.119. The summed E-state index contributed by atoms with van der Waals surface area (Å²) in [6.07, 6.45) is 0.994. The zero-order valence-corrected chi connectivity index (χ0v) is 17.9. The maximum Gasteiger partial charge on any atom is 0.240 e. The Kier molecular flexibility index (Phi) is 7.24. The van der Waals surface area contributed by atoms with Crippen LogP contribution in [0.2, 0.25) is 0 Å². The van der Waals surface area contributed by atoms with Crippen LogP contribution in [-0.2, 0) is 20.2 Å². The molecule has 0 saturated carbocycles. The molecule has 2 aromatic rings. The van der Waals surface area contributed by atoms with Crippen LogP contribution in [0.15, 0.2) is 48.5 Å². The van der Waals surface area contributed by atoms with Gasteiger partial charge in [-0.2, -0.15) is 0 Å². The highest BCUT2D eigenvalue weighted by Gasteiger charge is 2.20. The van der Waals surface area contributed by atoms with E-state index >= 15 is 0 Å². The number of nitrogens with zero attached hydrogens (tertiary/aromatic N) is 1. The summed E-state index contributed by atoms with van der Waals surface area (Å²) in [5, 5.41) is 2.63. The van der Waals surface area contributed by atoms with E-state index in [9.17, 15) is 17.6 Å². The van der Waals surface area contributed by atoms with E-state index in [0.717, 1.165) is 22.7 Å². The minimum Gasteiger partial charge on any atom is -0.492 e. The highest BCUT2D eigenvalue weighted by atomic mass is 32.2. The molecule has 0 aliphatic heterocycles. The number of rotatable bonds is 8. The van der Waals surface area contributed by atoms with E-state index in [-0.39, 0.29) is 24.3 Å². The Labute approximate surface area is 171 Å². The van der Waals surface area contributed by atoms with Crippen LogP contribution in [0.1, 0.15) is 26.3 Å². The molecule has 1 N–H and O–H groups in total. The van der Waals surface area contributed by atoms with E-state index in [1.165, 1.54) is 17.7 Å². The number of nitrogens with one attached hydrogen (secondary N) is 1. The molecule has 6 nitrogen and oxygen atoms in total. The van der Waals surface area contributed by atoms with Crippen molar-refractivity contribution in [1.29, 1.82) is 0 Å². The standard InChI is InChI=1S/C21H27FN2O4S/c1-21(2,3)16-5-11-19(12-6-16)28-14-13-23-20(25)15-24(29(4,26)27)18-9-7-17(22)8-10-18/h5-12H,13-15H2,1-4H3,(H,23,25). The molecule has 2 aromatic carbocycles. The van der Waals surface area contributed by atoms with Crippen LogP contribution in [0.25, 0.3) is 0 Å². The molecule has 2 rings (SSSR count). The van der Waals surface area contributed by atoms with E-state index in [1.54, 1.807) is 0 Å². The van der Waals surface area contributed by atoms with Crippen molar-refractivity contribution in [3.05, 3.63) is 59.9 Å². The van der Waals surface area contributed by atoms with Crippen molar-refractivity contribution >= 4 is 21.6 Å². The van der Waals surface area contributed by atoms with Gasteiger partial charge in [0, 0.05) is 0 Å². The monoisotopic (exact) mass is 422 g/mol. The van der Waals surface area contributed by atoms with Gasteiger partial charge in [0.25, 0.3) is 0 Å². The average Bonchev–Trinajstić information content (AvgIpc) is 2.63. The highest BCUT2D eigenvalue weighted by Crippen LogP contribution is 2.24. The Bertz CT molecular complexity index is 921. The van der Waals surface area contributed by atoms with Crippen molar-refractivity contribution in [3.8, 4) is 5.75 Å². The van der Waals surface area contributed by atoms with Crippen LogP contribution in [0.3, 0.4) is 0 Å². The number of sulfonamides is 1. The highest BCUT2D eigenvalue weighted by molar-refractivity contribution is 7.92. The molecular formula is C21H27FN2O4S. The van der Waals surface area contributed by atoms with Gasteiger partial charge >= 0.3 is 0 Å². The fourth-order valence-electron chi connectivity index (χ4n) is 2.60. The van der Waals surface area contributed by atoms with E-state index in [4.69, 9.17) is 4.74 Å². The fraction of sp³-hybridized carbons (Fsp3) is 0.381. The third kappa shape index (κ3) is 7.05. The quantitative estimate of drug-likeness (QED) is 0.664. The molecule has 0 spiro atoms. The first-order chi connectivity index (χ1) is 13.5. The minimum absolute atomic E-state index is 0.0581. The molecule has 0 atom stereocenters. The third-order valence-electron chi connectivity index (χ3n) is 4.22. The summed E-state index contributed by atoms with van der Waals surface area (Å²) in [6, 6.07) is 12.7. The maximum absolute atomic E-state index is 13.1. The lowest BCUT2D eigenvalue weighted by Crippen LogP contribution is -2.41. The number of hydrogen-bond acceptors (Lipinski definition) is 4. The summed E-state index contributed by atoms with van der Waals surface area (Å²) in [5.74, 6) is -0.276. The number of ether oxygens (including phenoxy) is 1. The van der Waals surface area contributed by atoms with E-state index in [0.29, 0.717) is 5.75 Å². The second-order valence-corrected chi connectivity index (χ2v) is 9.63. The summed E-state index contributed by atoms with van der Waals surface area (Å²) >= 11 is 0. The number of benzene rings is 2. The lowest BCUT2D eigenvalue weighted by Gasteiger charge is -2.22. The summed E-state index contributed by atoms with van der Waals surface area (Å²) in [5.41, 5.74) is 1.47. The lowest BCUT2D eigenvalue weighted by atomic mass is 9.87. The van der Waals surface area contributed by atoms with Crippen molar-refractivity contribution in [2.24, 2.45) is 0 Å². The molecule has 0 unspecified atom stereocenters. The van der Waals surface area contributed by atoms with Crippen molar-refractivity contribution < 1.29 is 22.3 Å². The molecule has 0 saturated heterocycles. The van der Waals surface area contributed by atoms with Crippen molar-refractivity contribution in [1.82, 2.24) is 5.32 Å². The smallest absolute Gasteiger partial charge is 0.240 e. The van der Waals surface area contributed by atoms with Crippen molar-refractivity contribution in [2.45, 2.75) is 26.2 Å². The first-order valence-electron chi connectivity index (χ1n) is 9.20. The number of halogens is 1. The van der Waals surface area contributed by atoms with Crippen LogP contribution in [0.5, 0.6) is 5.75 Å². The largest absolute Gasteiger partial charge is 0.492 e. The number of carbonyl (C=O) groups is 1. The molecule has 0 fully saturated rings. The Morgan fingerprint density at radius 3 is 2.17 bits per heavy atom. The fourth-order valence-corrected chi connectivity index (χ4v) is 3.46. The normalized spacial score (nSPS) is 11.8. The Hall–Kier alpha value is -2.61. The van der Waals surface area contributed by atoms with Gasteiger partial charge < -0.3 is 10.1 Å². The average molecular weight is 423 g/mol. The van der Waals surface area contributed by atoms with Gasteiger partial charge in [-0.05, 0) is 47.4 Å². The molecule has 0 heterocycles.